The molecule has 6 nitrogen and oxygen atoms in total. The van der Waals surface area contributed by atoms with Gasteiger partial charge in [-0.05, 0) is 25.1 Å². The molecule has 0 radical (unpaired) electrons. The second kappa shape index (κ2) is 6.37. The number of rotatable bonds is 4. The average Bonchev–Trinajstić information content (AvgIpc) is 2.81. The van der Waals surface area contributed by atoms with Crippen LogP contribution in [0.1, 0.15) is 12.1 Å². The lowest BCUT2D eigenvalue weighted by Crippen LogP contribution is -2.31. The predicted molar refractivity (Wildman–Crippen MR) is 86.5 cm³/mol. The number of nitrogens with zero attached hydrogens (tertiary/aromatic N) is 3. The lowest BCUT2D eigenvalue weighted by molar-refractivity contribution is -0.121. The molecule has 0 aliphatic carbocycles. The van der Waals surface area contributed by atoms with Gasteiger partial charge in [0, 0.05) is 18.3 Å². The van der Waals surface area contributed by atoms with Crippen LogP contribution in [0.5, 0.6) is 5.75 Å². The summed E-state index contributed by atoms with van der Waals surface area (Å²) in [5, 5.41) is -0.0211. The van der Waals surface area contributed by atoms with Crippen LogP contribution in [0.3, 0.4) is 0 Å². The standard InChI is InChI=1S/C16H15N3O3S/c1-10-7-8-17-16(18-10)23-13-9-14(20)19(15(13)21)11-5-3-4-6-12(11)22-2/h3-8,13H,9H2,1-2H3/t13-/m1/s1. The zero-order valence-electron chi connectivity index (χ0n) is 12.7. The minimum Gasteiger partial charge on any atom is -0.495 e. The van der Waals surface area contributed by atoms with Crippen molar-refractivity contribution in [1.29, 1.82) is 0 Å². The summed E-state index contributed by atoms with van der Waals surface area (Å²) in [6.45, 7) is 1.86. The summed E-state index contributed by atoms with van der Waals surface area (Å²) in [5.74, 6) is -0.0223. The van der Waals surface area contributed by atoms with Gasteiger partial charge in [0.25, 0.3) is 0 Å². The van der Waals surface area contributed by atoms with Gasteiger partial charge in [0.15, 0.2) is 5.16 Å². The first-order valence-electron chi connectivity index (χ1n) is 7.06. The van der Waals surface area contributed by atoms with E-state index in [2.05, 4.69) is 9.97 Å². The van der Waals surface area contributed by atoms with Crippen LogP contribution in [0.2, 0.25) is 0 Å². The minimum absolute atomic E-state index is 0.124. The van der Waals surface area contributed by atoms with E-state index >= 15 is 0 Å². The van der Waals surface area contributed by atoms with Crippen molar-refractivity contribution in [2.75, 3.05) is 12.0 Å². The average molecular weight is 329 g/mol. The number of ether oxygens (including phenoxy) is 1. The fraction of sp³-hybridized carbons (Fsp3) is 0.250. The second-order valence-corrected chi connectivity index (χ2v) is 6.20. The third-order valence-corrected chi connectivity index (χ3v) is 4.51. The number of aromatic nitrogens is 2. The Hall–Kier alpha value is -2.41. The summed E-state index contributed by atoms with van der Waals surface area (Å²) >= 11 is 1.21. The lowest BCUT2D eigenvalue weighted by atomic mass is 10.2. The minimum atomic E-state index is -0.519. The Morgan fingerprint density at radius 2 is 2.04 bits per heavy atom. The van der Waals surface area contributed by atoms with Crippen molar-refractivity contribution >= 4 is 29.3 Å². The van der Waals surface area contributed by atoms with Crippen molar-refractivity contribution in [3.05, 3.63) is 42.2 Å². The zero-order valence-corrected chi connectivity index (χ0v) is 13.5. The first kappa shape index (κ1) is 15.5. The fourth-order valence-electron chi connectivity index (χ4n) is 2.37. The first-order chi connectivity index (χ1) is 11.1. The molecule has 0 unspecified atom stereocenters. The highest BCUT2D eigenvalue weighted by Gasteiger charge is 2.41. The molecule has 0 bridgehead atoms. The van der Waals surface area contributed by atoms with Gasteiger partial charge >= 0.3 is 0 Å². The molecule has 1 atom stereocenters. The van der Waals surface area contributed by atoms with E-state index in [0.717, 1.165) is 5.69 Å². The monoisotopic (exact) mass is 329 g/mol. The van der Waals surface area contributed by atoms with E-state index in [-0.39, 0.29) is 18.2 Å². The largest absolute Gasteiger partial charge is 0.495 e. The number of imide groups is 1. The molecule has 0 saturated carbocycles. The van der Waals surface area contributed by atoms with Gasteiger partial charge in [-0.1, -0.05) is 23.9 Å². The molecule has 2 heterocycles. The van der Waals surface area contributed by atoms with Crippen LogP contribution in [0.15, 0.2) is 41.7 Å². The maximum atomic E-state index is 12.6. The van der Waals surface area contributed by atoms with Gasteiger partial charge in [0.05, 0.1) is 12.8 Å². The van der Waals surface area contributed by atoms with E-state index < -0.39 is 5.25 Å². The Morgan fingerprint density at radius 3 is 2.78 bits per heavy atom. The number of benzene rings is 1. The highest BCUT2D eigenvalue weighted by atomic mass is 32.2. The number of hydrogen-bond donors (Lipinski definition) is 0. The molecule has 0 N–H and O–H groups in total. The van der Waals surface area contributed by atoms with Crippen molar-refractivity contribution < 1.29 is 14.3 Å². The number of carbonyl (C=O) groups excluding carboxylic acids is 2. The van der Waals surface area contributed by atoms with Gasteiger partial charge in [-0.25, -0.2) is 14.9 Å². The van der Waals surface area contributed by atoms with Crippen LogP contribution >= 0.6 is 11.8 Å². The van der Waals surface area contributed by atoms with E-state index in [4.69, 9.17) is 4.74 Å². The molecule has 1 aliphatic heterocycles. The number of aryl methyl sites for hydroxylation is 1. The van der Waals surface area contributed by atoms with Crippen molar-refractivity contribution in [2.45, 2.75) is 23.8 Å². The molecule has 23 heavy (non-hydrogen) atoms. The van der Waals surface area contributed by atoms with Gasteiger partial charge in [-0.15, -0.1) is 0 Å². The van der Waals surface area contributed by atoms with Gasteiger partial charge < -0.3 is 4.74 Å². The number of methoxy groups -OCH3 is 1. The Morgan fingerprint density at radius 1 is 1.26 bits per heavy atom. The van der Waals surface area contributed by atoms with Crippen molar-refractivity contribution in [3.63, 3.8) is 0 Å². The van der Waals surface area contributed by atoms with Gasteiger partial charge in [-0.2, -0.15) is 0 Å². The van der Waals surface area contributed by atoms with Crippen LogP contribution in [0, 0.1) is 6.92 Å². The summed E-state index contributed by atoms with van der Waals surface area (Å²) < 4.78 is 5.25. The van der Waals surface area contributed by atoms with Crippen molar-refractivity contribution in [3.8, 4) is 5.75 Å². The summed E-state index contributed by atoms with van der Waals surface area (Å²) in [6.07, 6.45) is 1.77. The van der Waals surface area contributed by atoms with Crippen LogP contribution in [0.4, 0.5) is 5.69 Å². The molecule has 1 aliphatic rings. The maximum absolute atomic E-state index is 12.6. The van der Waals surface area contributed by atoms with Crippen LogP contribution in [0.25, 0.3) is 0 Å². The van der Waals surface area contributed by atoms with E-state index in [9.17, 15) is 9.59 Å². The number of para-hydroxylation sites is 2. The Bertz CT molecular complexity index is 766. The van der Waals surface area contributed by atoms with Crippen LogP contribution in [-0.2, 0) is 9.59 Å². The molecule has 118 valence electrons. The quantitative estimate of drug-likeness (QED) is 0.632. The molecule has 7 heteroatoms. The number of anilines is 1. The zero-order chi connectivity index (χ0) is 16.4. The number of hydrogen-bond acceptors (Lipinski definition) is 6. The van der Waals surface area contributed by atoms with Crippen LogP contribution in [-0.4, -0.2) is 34.1 Å². The summed E-state index contributed by atoms with van der Waals surface area (Å²) in [6, 6.07) is 8.76. The normalized spacial score (nSPS) is 17.7. The molecule has 1 aromatic carbocycles. The van der Waals surface area contributed by atoms with Gasteiger partial charge in [-0.3, -0.25) is 9.59 Å². The Kier molecular flexibility index (Phi) is 4.29. The molecule has 1 saturated heterocycles. The van der Waals surface area contributed by atoms with Gasteiger partial charge in [0.2, 0.25) is 11.8 Å². The lowest BCUT2D eigenvalue weighted by Gasteiger charge is -2.17. The predicted octanol–water partition coefficient (Wildman–Crippen LogP) is 2.22. The second-order valence-electron chi connectivity index (χ2n) is 5.03. The molecule has 3 rings (SSSR count). The third kappa shape index (κ3) is 3.05. The van der Waals surface area contributed by atoms with E-state index in [1.54, 1.807) is 36.5 Å². The summed E-state index contributed by atoms with van der Waals surface area (Å²) in [7, 11) is 1.51. The maximum Gasteiger partial charge on any atom is 0.248 e. The first-order valence-corrected chi connectivity index (χ1v) is 7.94. The van der Waals surface area contributed by atoms with Gasteiger partial charge in [0.1, 0.15) is 11.0 Å². The fourth-order valence-corrected chi connectivity index (χ4v) is 3.38. The number of carbonyl (C=O) groups is 2. The van der Waals surface area contributed by atoms with Crippen molar-refractivity contribution in [1.82, 2.24) is 9.97 Å². The van der Waals surface area contributed by atoms with Crippen molar-refractivity contribution in [2.24, 2.45) is 0 Å². The molecule has 0 spiro atoms. The third-order valence-electron chi connectivity index (χ3n) is 3.45. The van der Waals surface area contributed by atoms with E-state index in [0.29, 0.717) is 16.6 Å². The molecule has 1 aromatic heterocycles. The van der Waals surface area contributed by atoms with Crippen LogP contribution < -0.4 is 9.64 Å². The summed E-state index contributed by atoms with van der Waals surface area (Å²) in [4.78, 5) is 34.6. The smallest absolute Gasteiger partial charge is 0.248 e. The molecular formula is C16H15N3O3S. The molecule has 2 amide bonds. The Balaban J connectivity index is 1.85. The highest BCUT2D eigenvalue weighted by molar-refractivity contribution is 8.00. The number of thioether (sulfide) groups is 1. The molecule has 2 aromatic rings. The number of amides is 2. The summed E-state index contributed by atoms with van der Waals surface area (Å²) in [5.41, 5.74) is 1.29. The topological polar surface area (TPSA) is 72.4 Å². The Labute approximate surface area is 137 Å². The highest BCUT2D eigenvalue weighted by Crippen LogP contribution is 2.36. The van der Waals surface area contributed by atoms with E-state index in [1.165, 1.54) is 23.8 Å². The molecular weight excluding hydrogens is 314 g/mol. The molecule has 1 fully saturated rings. The SMILES string of the molecule is COc1ccccc1N1C(=O)C[C@@H](Sc2nccc(C)n2)C1=O. The van der Waals surface area contributed by atoms with E-state index in [1.807, 2.05) is 6.92 Å².